The molecule has 0 atom stereocenters. The van der Waals surface area contributed by atoms with E-state index < -0.39 is 19.0 Å². The molecular formula is C10H5ClN4O4S. The highest BCUT2D eigenvalue weighted by Gasteiger charge is 2.27. The van der Waals surface area contributed by atoms with Crippen molar-refractivity contribution in [3.63, 3.8) is 0 Å². The Morgan fingerprint density at radius 1 is 1.40 bits per heavy atom. The summed E-state index contributed by atoms with van der Waals surface area (Å²) >= 11 is 0. The summed E-state index contributed by atoms with van der Waals surface area (Å²) in [6, 6.07) is 7.01. The smallest absolute Gasteiger partial charge is 0.258 e. The van der Waals surface area contributed by atoms with E-state index in [1.54, 1.807) is 6.07 Å². The summed E-state index contributed by atoms with van der Waals surface area (Å²) in [6.45, 7) is 0. The number of aromatic nitrogens is 2. The van der Waals surface area contributed by atoms with Crippen LogP contribution in [0.25, 0.3) is 5.69 Å². The number of para-hydroxylation sites is 2. The van der Waals surface area contributed by atoms with Crippen molar-refractivity contribution in [3.05, 3.63) is 46.1 Å². The third kappa shape index (κ3) is 2.34. The Morgan fingerprint density at radius 3 is 2.60 bits per heavy atom. The quantitative estimate of drug-likeness (QED) is 0.482. The van der Waals surface area contributed by atoms with Crippen LogP contribution in [0.3, 0.4) is 0 Å². The molecule has 0 bridgehead atoms. The summed E-state index contributed by atoms with van der Waals surface area (Å²) < 4.78 is 23.8. The van der Waals surface area contributed by atoms with Crippen molar-refractivity contribution in [2.75, 3.05) is 0 Å². The fourth-order valence-corrected chi connectivity index (χ4v) is 2.78. The van der Waals surface area contributed by atoms with Gasteiger partial charge in [-0.15, -0.1) is 0 Å². The van der Waals surface area contributed by atoms with E-state index in [1.807, 2.05) is 0 Å². The van der Waals surface area contributed by atoms with Gasteiger partial charge >= 0.3 is 0 Å². The number of benzene rings is 1. The average molecular weight is 313 g/mol. The van der Waals surface area contributed by atoms with Gasteiger partial charge in [-0.25, -0.2) is 13.1 Å². The van der Waals surface area contributed by atoms with E-state index in [2.05, 4.69) is 5.10 Å². The van der Waals surface area contributed by atoms with Crippen LogP contribution in [-0.2, 0) is 9.05 Å². The van der Waals surface area contributed by atoms with Gasteiger partial charge in [-0.1, -0.05) is 12.1 Å². The summed E-state index contributed by atoms with van der Waals surface area (Å²) in [6.07, 6.45) is 0.978. The van der Waals surface area contributed by atoms with Crippen LogP contribution in [0.4, 0.5) is 5.69 Å². The van der Waals surface area contributed by atoms with Crippen LogP contribution in [0, 0.1) is 21.4 Å². The Labute approximate surface area is 117 Å². The zero-order chi connectivity index (χ0) is 14.9. The van der Waals surface area contributed by atoms with Crippen molar-refractivity contribution >= 4 is 25.4 Å². The lowest BCUT2D eigenvalue weighted by Gasteiger charge is -2.05. The van der Waals surface area contributed by atoms with Gasteiger partial charge in [0.1, 0.15) is 17.3 Å². The maximum absolute atomic E-state index is 11.5. The number of hydrogen-bond donors (Lipinski definition) is 0. The standard InChI is InChI=1S/C10H5ClN4O4S/c11-20(18,19)10-7(5-12)6-13-14(10)8-3-1-2-4-9(8)15(16)17/h1-4,6H. The Bertz CT molecular complexity index is 837. The second-order valence-corrected chi connectivity index (χ2v) is 6.05. The molecule has 0 unspecified atom stereocenters. The molecule has 0 aliphatic rings. The molecule has 0 aliphatic heterocycles. The van der Waals surface area contributed by atoms with E-state index in [-0.39, 0.29) is 16.9 Å². The van der Waals surface area contributed by atoms with Crippen LogP contribution in [-0.4, -0.2) is 23.1 Å². The zero-order valence-corrected chi connectivity index (χ0v) is 11.2. The molecule has 1 aromatic heterocycles. The predicted molar refractivity (Wildman–Crippen MR) is 68.0 cm³/mol. The number of nitrogens with zero attached hydrogens (tertiary/aromatic N) is 4. The monoisotopic (exact) mass is 312 g/mol. The lowest BCUT2D eigenvalue weighted by atomic mass is 10.3. The van der Waals surface area contributed by atoms with Crippen LogP contribution >= 0.6 is 10.7 Å². The highest BCUT2D eigenvalue weighted by molar-refractivity contribution is 8.13. The zero-order valence-electron chi connectivity index (χ0n) is 9.59. The maximum Gasteiger partial charge on any atom is 0.294 e. The molecule has 10 heteroatoms. The highest BCUT2D eigenvalue weighted by atomic mass is 35.7. The first kappa shape index (κ1) is 14.0. The predicted octanol–water partition coefficient (Wildman–Crippen LogP) is 1.58. The van der Waals surface area contributed by atoms with Gasteiger partial charge < -0.3 is 0 Å². The molecular weight excluding hydrogens is 308 g/mol. The second-order valence-electron chi connectivity index (χ2n) is 3.57. The fraction of sp³-hybridized carbons (Fsp3) is 0. The van der Waals surface area contributed by atoms with Gasteiger partial charge in [-0.2, -0.15) is 10.4 Å². The van der Waals surface area contributed by atoms with Crippen molar-refractivity contribution in [2.24, 2.45) is 0 Å². The molecule has 1 heterocycles. The molecule has 0 N–H and O–H groups in total. The van der Waals surface area contributed by atoms with Gasteiger partial charge in [-0.3, -0.25) is 10.1 Å². The maximum atomic E-state index is 11.5. The van der Waals surface area contributed by atoms with Gasteiger partial charge in [0, 0.05) is 16.7 Å². The molecule has 0 aliphatic carbocycles. The van der Waals surface area contributed by atoms with Crippen LogP contribution in [0.15, 0.2) is 35.5 Å². The first-order chi connectivity index (χ1) is 9.36. The first-order valence-corrected chi connectivity index (χ1v) is 7.33. The summed E-state index contributed by atoms with van der Waals surface area (Å²) in [5.41, 5.74) is -0.752. The molecule has 2 aromatic rings. The first-order valence-electron chi connectivity index (χ1n) is 5.03. The molecule has 0 amide bonds. The van der Waals surface area contributed by atoms with Crippen LogP contribution in [0.1, 0.15) is 5.56 Å². The van der Waals surface area contributed by atoms with Crippen molar-refractivity contribution in [3.8, 4) is 11.8 Å². The van der Waals surface area contributed by atoms with Gasteiger partial charge in [0.25, 0.3) is 14.7 Å². The lowest BCUT2D eigenvalue weighted by molar-refractivity contribution is -0.384. The minimum atomic E-state index is -4.30. The summed E-state index contributed by atoms with van der Waals surface area (Å²) in [4.78, 5) is 10.3. The van der Waals surface area contributed by atoms with E-state index in [9.17, 15) is 18.5 Å². The lowest BCUT2D eigenvalue weighted by Crippen LogP contribution is -2.08. The largest absolute Gasteiger partial charge is 0.294 e. The van der Waals surface area contributed by atoms with Gasteiger partial charge in [-0.05, 0) is 6.07 Å². The second kappa shape index (κ2) is 4.92. The Hall–Kier alpha value is -2.44. The fourth-order valence-electron chi connectivity index (χ4n) is 1.62. The molecule has 0 saturated carbocycles. The van der Waals surface area contributed by atoms with Gasteiger partial charge in [0.2, 0.25) is 0 Å². The van der Waals surface area contributed by atoms with E-state index in [0.717, 1.165) is 10.9 Å². The third-order valence-corrected chi connectivity index (χ3v) is 3.68. The molecule has 20 heavy (non-hydrogen) atoms. The molecule has 1 aromatic carbocycles. The molecule has 0 spiro atoms. The molecule has 102 valence electrons. The van der Waals surface area contributed by atoms with Crippen molar-refractivity contribution in [1.29, 1.82) is 5.26 Å². The van der Waals surface area contributed by atoms with E-state index >= 15 is 0 Å². The summed E-state index contributed by atoms with van der Waals surface area (Å²) in [7, 11) is 0.965. The number of halogens is 1. The Balaban J connectivity index is 2.83. The van der Waals surface area contributed by atoms with E-state index in [1.165, 1.54) is 24.3 Å². The SMILES string of the molecule is N#Cc1cnn(-c2ccccc2[N+](=O)[O-])c1S(=O)(=O)Cl. The van der Waals surface area contributed by atoms with Crippen LogP contribution in [0.2, 0.25) is 0 Å². The highest BCUT2D eigenvalue weighted by Crippen LogP contribution is 2.28. The molecule has 0 saturated heterocycles. The average Bonchev–Trinajstić information content (AvgIpc) is 2.82. The minimum absolute atomic E-state index is 0.0989. The summed E-state index contributed by atoms with van der Waals surface area (Å²) in [5.74, 6) is 0. The van der Waals surface area contributed by atoms with Crippen molar-refractivity contribution in [2.45, 2.75) is 5.03 Å². The normalized spacial score (nSPS) is 11.0. The number of nitriles is 1. The van der Waals surface area contributed by atoms with Gasteiger partial charge in [0.05, 0.1) is 11.1 Å². The van der Waals surface area contributed by atoms with Crippen LogP contribution < -0.4 is 0 Å². The molecule has 0 radical (unpaired) electrons. The van der Waals surface area contributed by atoms with E-state index in [0.29, 0.717) is 0 Å². The number of rotatable bonds is 3. The topological polar surface area (TPSA) is 119 Å². The van der Waals surface area contributed by atoms with Crippen LogP contribution in [0.5, 0.6) is 0 Å². The number of nitro groups is 1. The van der Waals surface area contributed by atoms with Gasteiger partial charge in [0.15, 0.2) is 5.03 Å². The van der Waals surface area contributed by atoms with Crippen molar-refractivity contribution < 1.29 is 13.3 Å². The molecule has 0 fully saturated rings. The third-order valence-electron chi connectivity index (χ3n) is 2.38. The Morgan fingerprint density at radius 2 is 2.05 bits per heavy atom. The van der Waals surface area contributed by atoms with Crippen molar-refractivity contribution in [1.82, 2.24) is 9.78 Å². The number of hydrogen-bond acceptors (Lipinski definition) is 6. The molecule has 8 nitrogen and oxygen atoms in total. The Kier molecular flexibility index (Phi) is 3.44. The number of nitro benzene ring substituents is 1. The minimum Gasteiger partial charge on any atom is -0.258 e. The summed E-state index contributed by atoms with van der Waals surface area (Å²) in [5, 5.41) is 22.9. The molecule has 2 rings (SSSR count). The van der Waals surface area contributed by atoms with E-state index in [4.69, 9.17) is 15.9 Å².